The van der Waals surface area contributed by atoms with E-state index >= 15 is 0 Å². The van der Waals surface area contributed by atoms with Crippen LogP contribution in [0.3, 0.4) is 0 Å². The van der Waals surface area contributed by atoms with Crippen LogP contribution in [0.4, 0.5) is 0 Å². The first-order valence-electron chi connectivity index (χ1n) is 13.0. The fraction of sp³-hybridized carbons (Fsp3) is 0.300. The highest BCUT2D eigenvalue weighted by atomic mass is 16.6. The van der Waals surface area contributed by atoms with Crippen LogP contribution in [-0.4, -0.2) is 46.9 Å². The second-order valence-electron chi connectivity index (χ2n) is 9.45. The van der Waals surface area contributed by atoms with Crippen LogP contribution in [-0.2, 0) is 0 Å². The summed E-state index contributed by atoms with van der Waals surface area (Å²) in [7, 11) is 1.43. The molecule has 0 saturated carbocycles. The fourth-order valence-electron chi connectivity index (χ4n) is 4.68. The maximum atomic E-state index is 13.5. The molecule has 0 radical (unpaired) electrons. The van der Waals surface area contributed by atoms with Crippen molar-refractivity contribution >= 4 is 11.0 Å². The van der Waals surface area contributed by atoms with Gasteiger partial charge in [0.05, 0.1) is 20.3 Å². The Balaban J connectivity index is 1.59. The number of unbranched alkanes of at least 4 members (excludes halogenated alkanes) is 2. The average Bonchev–Trinajstić information content (AvgIpc) is 2.95. The molecule has 1 aliphatic heterocycles. The van der Waals surface area contributed by atoms with E-state index < -0.39 is 23.4 Å². The summed E-state index contributed by atoms with van der Waals surface area (Å²) in [5, 5.41) is 40.3. The van der Waals surface area contributed by atoms with Crippen LogP contribution in [0.15, 0.2) is 57.7 Å². The molecule has 10 heteroatoms. The third-order valence-corrected chi connectivity index (χ3v) is 6.70. The minimum absolute atomic E-state index is 0.0114. The summed E-state index contributed by atoms with van der Waals surface area (Å²) >= 11 is 0. The highest BCUT2D eigenvalue weighted by molar-refractivity contribution is 5.88. The zero-order chi connectivity index (χ0) is 28.4. The average molecular weight is 551 g/mol. The van der Waals surface area contributed by atoms with E-state index in [4.69, 9.17) is 23.4 Å². The van der Waals surface area contributed by atoms with Crippen LogP contribution in [0.5, 0.6) is 40.2 Å². The molecule has 5 rings (SSSR count). The molecule has 2 atom stereocenters. The monoisotopic (exact) mass is 550 g/mol. The lowest BCUT2D eigenvalue weighted by molar-refractivity contribution is -0.0123. The van der Waals surface area contributed by atoms with Crippen molar-refractivity contribution in [2.24, 2.45) is 0 Å². The molecular formula is C30H30O10. The molecule has 3 aromatic carbocycles. The topological polar surface area (TPSA) is 148 Å². The molecule has 10 nitrogen and oxygen atoms in total. The standard InChI is InChI=1S/C30H30O10/c1-3-4-5-10-37-30-27(35)26-20(34)13-18(32)14-24(26)40-29(30)17-7-9-21-23(12-17)39-28(25(15-31)38-21)16-6-8-19(33)22(11-16)36-2/h6-9,11-14,25,28,31-34H,3-5,10,15H2,1-2H3. The summed E-state index contributed by atoms with van der Waals surface area (Å²) in [5.74, 6) is 0.226. The molecule has 4 aromatic rings. The Hall–Kier alpha value is -4.57. The number of hydrogen-bond donors (Lipinski definition) is 4. The summed E-state index contributed by atoms with van der Waals surface area (Å²) in [6, 6.07) is 11.9. The first kappa shape index (κ1) is 27.0. The summed E-state index contributed by atoms with van der Waals surface area (Å²) in [6.07, 6.45) is 1.11. The second-order valence-corrected chi connectivity index (χ2v) is 9.45. The third-order valence-electron chi connectivity index (χ3n) is 6.70. The summed E-state index contributed by atoms with van der Waals surface area (Å²) < 4.78 is 29.4. The van der Waals surface area contributed by atoms with E-state index in [1.165, 1.54) is 19.2 Å². The van der Waals surface area contributed by atoms with Gasteiger partial charge in [0.2, 0.25) is 11.2 Å². The quantitative estimate of drug-likeness (QED) is 0.209. The van der Waals surface area contributed by atoms with Gasteiger partial charge in [0.1, 0.15) is 22.5 Å². The molecule has 2 heterocycles. The Labute approximate surface area is 229 Å². The van der Waals surface area contributed by atoms with E-state index in [2.05, 4.69) is 6.92 Å². The number of methoxy groups -OCH3 is 1. The number of aromatic hydroxyl groups is 3. The summed E-state index contributed by atoms with van der Waals surface area (Å²) in [5.41, 5.74) is 0.448. The largest absolute Gasteiger partial charge is 0.508 e. The van der Waals surface area contributed by atoms with Crippen LogP contribution < -0.4 is 24.4 Å². The number of phenolic OH excluding ortho intramolecular Hbond substituents is 3. The molecule has 1 aromatic heterocycles. The molecule has 0 fully saturated rings. The SMILES string of the molecule is CCCCCOc1c(-c2ccc3c(c2)OC(c2ccc(O)c(OC)c2)C(CO)O3)oc2cc(O)cc(O)c2c1=O. The molecule has 210 valence electrons. The van der Waals surface area contributed by atoms with Crippen molar-refractivity contribution in [1.82, 2.24) is 0 Å². The van der Waals surface area contributed by atoms with Gasteiger partial charge < -0.3 is 43.8 Å². The van der Waals surface area contributed by atoms with E-state index in [0.717, 1.165) is 25.3 Å². The maximum Gasteiger partial charge on any atom is 0.239 e. The van der Waals surface area contributed by atoms with Gasteiger partial charge in [0.25, 0.3) is 0 Å². The zero-order valence-corrected chi connectivity index (χ0v) is 22.0. The molecular weight excluding hydrogens is 520 g/mol. The number of fused-ring (bicyclic) bond motifs is 2. The maximum absolute atomic E-state index is 13.5. The smallest absolute Gasteiger partial charge is 0.239 e. The Morgan fingerprint density at radius 3 is 2.50 bits per heavy atom. The van der Waals surface area contributed by atoms with E-state index in [9.17, 15) is 25.2 Å². The molecule has 1 aliphatic rings. The lowest BCUT2D eigenvalue weighted by Crippen LogP contribution is -2.36. The summed E-state index contributed by atoms with van der Waals surface area (Å²) in [6.45, 7) is 1.99. The molecule has 40 heavy (non-hydrogen) atoms. The first-order valence-corrected chi connectivity index (χ1v) is 13.0. The molecule has 2 unspecified atom stereocenters. The Kier molecular flexibility index (Phi) is 7.61. The van der Waals surface area contributed by atoms with Crippen molar-refractivity contribution in [2.45, 2.75) is 38.4 Å². The van der Waals surface area contributed by atoms with Crippen molar-refractivity contribution in [3.8, 4) is 51.6 Å². The van der Waals surface area contributed by atoms with Crippen LogP contribution in [0.2, 0.25) is 0 Å². The van der Waals surface area contributed by atoms with Crippen molar-refractivity contribution in [2.75, 3.05) is 20.3 Å². The Morgan fingerprint density at radius 1 is 0.925 bits per heavy atom. The van der Waals surface area contributed by atoms with Crippen molar-refractivity contribution in [1.29, 1.82) is 0 Å². The van der Waals surface area contributed by atoms with Gasteiger partial charge in [-0.05, 0) is 36.8 Å². The highest BCUT2D eigenvalue weighted by Gasteiger charge is 2.34. The Morgan fingerprint density at radius 2 is 1.75 bits per heavy atom. The van der Waals surface area contributed by atoms with Crippen LogP contribution in [0.25, 0.3) is 22.3 Å². The van der Waals surface area contributed by atoms with Crippen LogP contribution >= 0.6 is 0 Å². The summed E-state index contributed by atoms with van der Waals surface area (Å²) in [4.78, 5) is 13.5. The zero-order valence-electron chi connectivity index (χ0n) is 22.0. The number of benzene rings is 3. The number of hydrogen-bond acceptors (Lipinski definition) is 10. The van der Waals surface area contributed by atoms with E-state index in [0.29, 0.717) is 22.6 Å². The number of aliphatic hydroxyl groups is 1. The number of ether oxygens (including phenoxy) is 4. The van der Waals surface area contributed by atoms with Gasteiger partial charge in [-0.1, -0.05) is 25.8 Å². The number of rotatable bonds is 9. The second kappa shape index (κ2) is 11.3. The van der Waals surface area contributed by atoms with Gasteiger partial charge in [-0.3, -0.25) is 4.79 Å². The van der Waals surface area contributed by atoms with E-state index in [1.807, 2.05) is 0 Å². The van der Waals surface area contributed by atoms with Crippen molar-refractivity contribution in [3.05, 3.63) is 64.3 Å². The first-order chi connectivity index (χ1) is 19.3. The van der Waals surface area contributed by atoms with Crippen LogP contribution in [0, 0.1) is 0 Å². The third kappa shape index (κ3) is 5.05. The predicted octanol–water partition coefficient (Wildman–Crippen LogP) is 5.03. The van der Waals surface area contributed by atoms with E-state index in [1.54, 1.807) is 30.3 Å². The molecule has 0 saturated heterocycles. The van der Waals surface area contributed by atoms with Gasteiger partial charge in [0.15, 0.2) is 41.0 Å². The van der Waals surface area contributed by atoms with Gasteiger partial charge in [-0.15, -0.1) is 0 Å². The van der Waals surface area contributed by atoms with Crippen molar-refractivity contribution < 1.29 is 43.8 Å². The normalized spacial score (nSPS) is 16.2. The predicted molar refractivity (Wildman–Crippen MR) is 146 cm³/mol. The van der Waals surface area contributed by atoms with E-state index in [-0.39, 0.29) is 52.9 Å². The van der Waals surface area contributed by atoms with Gasteiger partial charge >= 0.3 is 0 Å². The molecule has 0 amide bonds. The Bertz CT molecular complexity index is 1590. The lowest BCUT2D eigenvalue weighted by Gasteiger charge is -2.33. The molecule has 4 N–H and O–H groups in total. The number of aliphatic hydroxyl groups excluding tert-OH is 1. The molecule has 0 spiro atoms. The lowest BCUT2D eigenvalue weighted by atomic mass is 10.0. The molecule has 0 bridgehead atoms. The van der Waals surface area contributed by atoms with Gasteiger partial charge in [-0.25, -0.2) is 0 Å². The number of phenols is 3. The van der Waals surface area contributed by atoms with Crippen molar-refractivity contribution in [3.63, 3.8) is 0 Å². The fourth-order valence-corrected chi connectivity index (χ4v) is 4.68. The van der Waals surface area contributed by atoms with Gasteiger partial charge in [0, 0.05) is 23.3 Å². The highest BCUT2D eigenvalue weighted by Crippen LogP contribution is 2.44. The minimum Gasteiger partial charge on any atom is -0.508 e. The molecule has 0 aliphatic carbocycles. The van der Waals surface area contributed by atoms with Crippen LogP contribution in [0.1, 0.15) is 37.9 Å². The minimum atomic E-state index is -0.746. The van der Waals surface area contributed by atoms with Gasteiger partial charge in [-0.2, -0.15) is 0 Å².